The summed E-state index contributed by atoms with van der Waals surface area (Å²) in [5.74, 6) is -0.681. The minimum absolute atomic E-state index is 0.286. The van der Waals surface area contributed by atoms with Crippen LogP contribution >= 0.6 is 0 Å². The van der Waals surface area contributed by atoms with Gasteiger partial charge in [-0.15, -0.1) is 0 Å². The van der Waals surface area contributed by atoms with Crippen LogP contribution in [0.3, 0.4) is 0 Å². The lowest BCUT2D eigenvalue weighted by molar-refractivity contribution is -0.138. The van der Waals surface area contributed by atoms with E-state index >= 15 is 0 Å². The quantitative estimate of drug-likeness (QED) is 0.756. The number of rotatable bonds is 5. The van der Waals surface area contributed by atoms with Crippen LogP contribution in [-0.4, -0.2) is 60.1 Å². The Hall–Kier alpha value is -0.610. The predicted molar refractivity (Wildman–Crippen MR) is 62.5 cm³/mol. The van der Waals surface area contributed by atoms with Crippen LogP contribution in [0.4, 0.5) is 0 Å². The molecular formula is C12H22N2O2. The molecule has 0 amide bonds. The first-order valence-electron chi connectivity index (χ1n) is 6.30. The molecular weight excluding hydrogens is 204 g/mol. The Labute approximate surface area is 97.2 Å². The van der Waals surface area contributed by atoms with Crippen LogP contribution in [0.25, 0.3) is 0 Å². The summed E-state index contributed by atoms with van der Waals surface area (Å²) in [7, 11) is 0. The van der Waals surface area contributed by atoms with E-state index in [2.05, 4.69) is 16.7 Å². The van der Waals surface area contributed by atoms with Crippen molar-refractivity contribution < 1.29 is 9.90 Å². The highest BCUT2D eigenvalue weighted by Gasteiger charge is 2.46. The zero-order chi connectivity index (χ0) is 11.6. The molecule has 2 saturated heterocycles. The van der Waals surface area contributed by atoms with Gasteiger partial charge in [-0.2, -0.15) is 0 Å². The second kappa shape index (κ2) is 4.72. The van der Waals surface area contributed by atoms with Gasteiger partial charge >= 0.3 is 5.97 Å². The molecule has 0 aromatic rings. The second-order valence-corrected chi connectivity index (χ2v) is 5.38. The Bertz CT molecular complexity index is 262. The van der Waals surface area contributed by atoms with Crippen molar-refractivity contribution in [2.45, 2.75) is 26.2 Å². The van der Waals surface area contributed by atoms with Crippen LogP contribution in [0, 0.1) is 5.41 Å². The lowest BCUT2D eigenvalue weighted by atomic mass is 9.79. The van der Waals surface area contributed by atoms with Crippen LogP contribution in [0.15, 0.2) is 0 Å². The van der Waals surface area contributed by atoms with E-state index in [0.29, 0.717) is 5.41 Å². The normalized spacial score (nSPS) is 24.8. The predicted octanol–water partition coefficient (Wildman–Crippen LogP) is 0.879. The highest BCUT2D eigenvalue weighted by Crippen LogP contribution is 2.39. The maximum Gasteiger partial charge on any atom is 0.304 e. The summed E-state index contributed by atoms with van der Waals surface area (Å²) in [6.07, 6.45) is 2.82. The van der Waals surface area contributed by atoms with Crippen molar-refractivity contribution >= 4 is 5.97 Å². The molecule has 1 N–H and O–H groups in total. The average Bonchev–Trinajstić information content (AvgIpc) is 2.58. The van der Waals surface area contributed by atoms with Crippen LogP contribution in [0.5, 0.6) is 0 Å². The number of carbonyl (C=O) groups is 1. The maximum absolute atomic E-state index is 10.5. The zero-order valence-electron chi connectivity index (χ0n) is 10.1. The van der Waals surface area contributed by atoms with Gasteiger partial charge in [0.05, 0.1) is 6.42 Å². The third-order valence-electron chi connectivity index (χ3n) is 3.82. The third kappa shape index (κ3) is 2.55. The van der Waals surface area contributed by atoms with Gasteiger partial charge < -0.3 is 14.9 Å². The molecule has 0 atom stereocenters. The van der Waals surface area contributed by atoms with Gasteiger partial charge in [-0.1, -0.05) is 6.92 Å². The number of carboxylic acids is 1. The number of hydrogen-bond acceptors (Lipinski definition) is 3. The third-order valence-corrected chi connectivity index (χ3v) is 3.82. The molecule has 0 bridgehead atoms. The molecule has 1 spiro atoms. The van der Waals surface area contributed by atoms with Gasteiger partial charge in [0.15, 0.2) is 0 Å². The molecule has 0 aromatic carbocycles. The van der Waals surface area contributed by atoms with Crippen LogP contribution in [0.2, 0.25) is 0 Å². The minimum atomic E-state index is -0.681. The molecule has 0 radical (unpaired) electrons. The molecule has 4 heteroatoms. The second-order valence-electron chi connectivity index (χ2n) is 5.38. The summed E-state index contributed by atoms with van der Waals surface area (Å²) >= 11 is 0. The fourth-order valence-electron chi connectivity index (χ4n) is 3.11. The van der Waals surface area contributed by atoms with E-state index in [0.717, 1.165) is 19.6 Å². The van der Waals surface area contributed by atoms with Crippen molar-refractivity contribution in [3.63, 3.8) is 0 Å². The van der Waals surface area contributed by atoms with Crippen LogP contribution in [-0.2, 0) is 4.79 Å². The number of carboxylic acid groups (broad SMARTS) is 1. The molecule has 0 unspecified atom stereocenters. The van der Waals surface area contributed by atoms with E-state index in [9.17, 15) is 4.79 Å². The van der Waals surface area contributed by atoms with Crippen molar-refractivity contribution in [1.29, 1.82) is 0 Å². The monoisotopic (exact) mass is 226 g/mol. The molecule has 0 aliphatic carbocycles. The van der Waals surface area contributed by atoms with Gasteiger partial charge in [-0.25, -0.2) is 0 Å². The lowest BCUT2D eigenvalue weighted by Crippen LogP contribution is -2.57. The Morgan fingerprint density at radius 2 is 1.94 bits per heavy atom. The van der Waals surface area contributed by atoms with Crippen molar-refractivity contribution in [2.24, 2.45) is 5.41 Å². The number of aliphatic carboxylic acids is 1. The highest BCUT2D eigenvalue weighted by molar-refractivity contribution is 5.66. The molecule has 2 fully saturated rings. The summed E-state index contributed by atoms with van der Waals surface area (Å²) in [5.41, 5.74) is 0.508. The SMILES string of the molecule is CCCN1CCC2(C1)CN(CCC(=O)O)C2. The topological polar surface area (TPSA) is 43.8 Å². The summed E-state index contributed by atoms with van der Waals surface area (Å²) in [5, 5.41) is 8.62. The fourth-order valence-corrected chi connectivity index (χ4v) is 3.11. The maximum atomic E-state index is 10.5. The van der Waals surface area contributed by atoms with E-state index in [1.165, 1.54) is 32.5 Å². The summed E-state index contributed by atoms with van der Waals surface area (Å²) in [6, 6.07) is 0. The van der Waals surface area contributed by atoms with Crippen LogP contribution in [0.1, 0.15) is 26.2 Å². The molecule has 16 heavy (non-hydrogen) atoms. The molecule has 0 saturated carbocycles. The molecule has 2 heterocycles. The Morgan fingerprint density at radius 3 is 2.56 bits per heavy atom. The van der Waals surface area contributed by atoms with Gasteiger partial charge in [0.1, 0.15) is 0 Å². The van der Waals surface area contributed by atoms with Gasteiger partial charge in [0, 0.05) is 31.6 Å². The van der Waals surface area contributed by atoms with Crippen molar-refractivity contribution in [1.82, 2.24) is 9.80 Å². The minimum Gasteiger partial charge on any atom is -0.481 e. The molecule has 92 valence electrons. The Morgan fingerprint density at radius 1 is 1.25 bits per heavy atom. The Balaban J connectivity index is 1.69. The van der Waals surface area contributed by atoms with Gasteiger partial charge in [0.2, 0.25) is 0 Å². The molecule has 2 aliphatic heterocycles. The van der Waals surface area contributed by atoms with Crippen molar-refractivity contribution in [3.8, 4) is 0 Å². The first-order valence-corrected chi connectivity index (χ1v) is 6.30. The largest absolute Gasteiger partial charge is 0.481 e. The number of nitrogens with zero attached hydrogens (tertiary/aromatic N) is 2. The van der Waals surface area contributed by atoms with Crippen molar-refractivity contribution in [2.75, 3.05) is 39.3 Å². The van der Waals surface area contributed by atoms with Gasteiger partial charge in [-0.3, -0.25) is 4.79 Å². The van der Waals surface area contributed by atoms with E-state index in [1.54, 1.807) is 0 Å². The van der Waals surface area contributed by atoms with E-state index in [1.807, 2.05) is 0 Å². The molecule has 0 aromatic heterocycles. The Kier molecular flexibility index (Phi) is 3.50. The first-order chi connectivity index (χ1) is 7.63. The zero-order valence-corrected chi connectivity index (χ0v) is 10.1. The van der Waals surface area contributed by atoms with Crippen LogP contribution < -0.4 is 0 Å². The number of likely N-dealkylation sites (tertiary alicyclic amines) is 2. The summed E-state index contributed by atoms with van der Waals surface area (Å²) in [6.45, 7) is 8.86. The smallest absolute Gasteiger partial charge is 0.304 e. The average molecular weight is 226 g/mol. The highest BCUT2D eigenvalue weighted by atomic mass is 16.4. The lowest BCUT2D eigenvalue weighted by Gasteiger charge is -2.48. The fraction of sp³-hybridized carbons (Fsp3) is 0.917. The van der Waals surface area contributed by atoms with Gasteiger partial charge in [-0.05, 0) is 25.9 Å². The summed E-state index contributed by atoms with van der Waals surface area (Å²) in [4.78, 5) is 15.3. The molecule has 2 rings (SSSR count). The molecule has 4 nitrogen and oxygen atoms in total. The summed E-state index contributed by atoms with van der Waals surface area (Å²) < 4.78 is 0. The standard InChI is InChI=1S/C12H22N2O2/c1-2-5-13-7-4-12(8-13)9-14(10-12)6-3-11(15)16/h2-10H2,1H3,(H,15,16). The van der Waals surface area contributed by atoms with Crippen molar-refractivity contribution in [3.05, 3.63) is 0 Å². The van der Waals surface area contributed by atoms with E-state index in [-0.39, 0.29) is 6.42 Å². The van der Waals surface area contributed by atoms with Gasteiger partial charge in [0.25, 0.3) is 0 Å². The first kappa shape index (κ1) is 11.9. The molecule has 2 aliphatic rings. The van der Waals surface area contributed by atoms with E-state index in [4.69, 9.17) is 5.11 Å². The number of hydrogen-bond donors (Lipinski definition) is 1. The van der Waals surface area contributed by atoms with E-state index < -0.39 is 5.97 Å².